The zero-order chi connectivity index (χ0) is 13.8. The Morgan fingerprint density at radius 3 is 2.53 bits per heavy atom. The number of hydrogen-bond acceptors (Lipinski definition) is 2. The van der Waals surface area contributed by atoms with Crippen molar-refractivity contribution in [1.29, 1.82) is 0 Å². The Morgan fingerprint density at radius 1 is 1.26 bits per heavy atom. The molecule has 0 spiro atoms. The van der Waals surface area contributed by atoms with Crippen LogP contribution in [0.25, 0.3) is 0 Å². The van der Waals surface area contributed by atoms with Crippen molar-refractivity contribution in [3.8, 4) is 0 Å². The first kappa shape index (κ1) is 13.6. The Kier molecular flexibility index (Phi) is 4.21. The van der Waals surface area contributed by atoms with E-state index in [0.717, 1.165) is 25.1 Å². The van der Waals surface area contributed by atoms with Gasteiger partial charge in [-0.1, -0.05) is 11.6 Å². The number of carbonyl (C=O) groups is 1. The van der Waals surface area contributed by atoms with Gasteiger partial charge in [0.1, 0.15) is 0 Å². The zero-order valence-corrected chi connectivity index (χ0v) is 10.1. The largest absolute Gasteiger partial charge is 0.348 e. The van der Waals surface area contributed by atoms with E-state index >= 15 is 0 Å². The van der Waals surface area contributed by atoms with Crippen molar-refractivity contribution in [2.75, 3.05) is 19.6 Å². The van der Waals surface area contributed by atoms with Gasteiger partial charge in [-0.15, -0.1) is 0 Å². The normalized spacial score (nSPS) is 15.0. The highest BCUT2D eigenvalue weighted by Crippen LogP contribution is 2.13. The molecule has 102 valence electrons. The summed E-state index contributed by atoms with van der Waals surface area (Å²) in [5.41, 5.74) is 0.820. The van der Waals surface area contributed by atoms with Crippen LogP contribution in [0.3, 0.4) is 0 Å². The van der Waals surface area contributed by atoms with Crippen molar-refractivity contribution in [3.63, 3.8) is 0 Å². The number of rotatable bonds is 3. The van der Waals surface area contributed by atoms with Gasteiger partial charge in [0.25, 0.3) is 5.91 Å². The summed E-state index contributed by atoms with van der Waals surface area (Å²) in [5, 5.41) is 5.68. The molecule has 0 fully saturated rings. The standard InChI is InChI=1S/C13H13F3N2O/c14-10-5-9(6-11(15)12(10)16)13(19)18-7-8-1-3-17-4-2-8/h1,5-6,17H,2-4,7H2,(H,18,19). The number of halogens is 3. The van der Waals surface area contributed by atoms with Crippen LogP contribution in [-0.4, -0.2) is 25.5 Å². The summed E-state index contributed by atoms with van der Waals surface area (Å²) in [6, 6.07) is 1.37. The van der Waals surface area contributed by atoms with Crippen LogP contribution < -0.4 is 10.6 Å². The third-order valence-electron chi connectivity index (χ3n) is 2.88. The molecule has 0 saturated heterocycles. The summed E-state index contributed by atoms with van der Waals surface area (Å²) in [4.78, 5) is 11.7. The van der Waals surface area contributed by atoms with Crippen molar-refractivity contribution in [2.24, 2.45) is 0 Å². The number of amides is 1. The molecule has 0 saturated carbocycles. The summed E-state index contributed by atoms with van der Waals surface area (Å²) in [6.45, 7) is 1.90. The van der Waals surface area contributed by atoms with Gasteiger partial charge in [-0.2, -0.15) is 0 Å². The van der Waals surface area contributed by atoms with Gasteiger partial charge in [0.05, 0.1) is 0 Å². The molecule has 3 nitrogen and oxygen atoms in total. The molecular formula is C13H13F3N2O. The summed E-state index contributed by atoms with van der Waals surface area (Å²) < 4.78 is 38.7. The van der Waals surface area contributed by atoms with E-state index < -0.39 is 23.4 Å². The molecule has 1 aromatic carbocycles. The lowest BCUT2D eigenvalue weighted by molar-refractivity contribution is 0.0955. The Hall–Kier alpha value is -1.82. The summed E-state index contributed by atoms with van der Waals surface area (Å²) >= 11 is 0. The maximum Gasteiger partial charge on any atom is 0.251 e. The van der Waals surface area contributed by atoms with Gasteiger partial charge >= 0.3 is 0 Å². The van der Waals surface area contributed by atoms with E-state index in [1.807, 2.05) is 6.08 Å². The second-order valence-corrected chi connectivity index (χ2v) is 4.25. The van der Waals surface area contributed by atoms with Gasteiger partial charge in [0.15, 0.2) is 17.5 Å². The Balaban J connectivity index is 2.02. The SMILES string of the molecule is O=C(NCC1=CCNCC1)c1cc(F)c(F)c(F)c1. The van der Waals surface area contributed by atoms with Crippen LogP contribution in [0, 0.1) is 17.5 Å². The first-order chi connectivity index (χ1) is 9.08. The molecule has 2 rings (SSSR count). The summed E-state index contributed by atoms with van der Waals surface area (Å²) in [6.07, 6.45) is 2.77. The molecule has 2 N–H and O–H groups in total. The number of nitrogens with one attached hydrogen (secondary N) is 2. The van der Waals surface area contributed by atoms with Crippen LogP contribution in [0.2, 0.25) is 0 Å². The maximum absolute atomic E-state index is 13.0. The van der Waals surface area contributed by atoms with E-state index in [0.29, 0.717) is 18.7 Å². The third kappa shape index (κ3) is 3.35. The predicted octanol–water partition coefficient (Wildman–Crippen LogP) is 1.75. The fourth-order valence-corrected chi connectivity index (χ4v) is 1.81. The van der Waals surface area contributed by atoms with E-state index in [2.05, 4.69) is 10.6 Å². The van der Waals surface area contributed by atoms with Crippen LogP contribution in [0.15, 0.2) is 23.8 Å². The molecule has 0 unspecified atom stereocenters. The lowest BCUT2D eigenvalue weighted by Crippen LogP contribution is -2.29. The highest BCUT2D eigenvalue weighted by atomic mass is 19.2. The van der Waals surface area contributed by atoms with Crippen molar-refractivity contribution in [2.45, 2.75) is 6.42 Å². The molecular weight excluding hydrogens is 257 g/mol. The smallest absolute Gasteiger partial charge is 0.251 e. The van der Waals surface area contributed by atoms with Crippen molar-refractivity contribution >= 4 is 5.91 Å². The minimum absolute atomic E-state index is 0.231. The van der Waals surface area contributed by atoms with Crippen LogP contribution >= 0.6 is 0 Å². The van der Waals surface area contributed by atoms with Gasteiger partial charge in [-0.3, -0.25) is 4.79 Å². The lowest BCUT2D eigenvalue weighted by Gasteiger charge is -2.14. The number of carbonyl (C=O) groups excluding carboxylic acids is 1. The highest BCUT2D eigenvalue weighted by molar-refractivity contribution is 5.94. The molecule has 0 aromatic heterocycles. The predicted molar refractivity (Wildman–Crippen MR) is 64.2 cm³/mol. The molecule has 1 heterocycles. The van der Waals surface area contributed by atoms with Crippen molar-refractivity contribution in [3.05, 3.63) is 46.8 Å². The molecule has 1 aliphatic heterocycles. The first-order valence-electron chi connectivity index (χ1n) is 5.89. The molecule has 0 atom stereocenters. The molecule has 1 aliphatic rings. The van der Waals surface area contributed by atoms with Gasteiger partial charge in [0.2, 0.25) is 0 Å². The summed E-state index contributed by atoms with van der Waals surface area (Å²) in [7, 11) is 0. The molecule has 6 heteroatoms. The Bertz CT molecular complexity index is 506. The van der Waals surface area contributed by atoms with E-state index in [1.165, 1.54) is 0 Å². The topological polar surface area (TPSA) is 41.1 Å². The van der Waals surface area contributed by atoms with Gasteiger partial charge in [-0.25, -0.2) is 13.2 Å². The number of benzene rings is 1. The van der Waals surface area contributed by atoms with E-state index in [9.17, 15) is 18.0 Å². The number of hydrogen-bond donors (Lipinski definition) is 2. The van der Waals surface area contributed by atoms with Crippen molar-refractivity contribution in [1.82, 2.24) is 10.6 Å². The van der Waals surface area contributed by atoms with Crippen molar-refractivity contribution < 1.29 is 18.0 Å². The second kappa shape index (κ2) is 5.88. The minimum atomic E-state index is -1.57. The second-order valence-electron chi connectivity index (χ2n) is 4.25. The average molecular weight is 270 g/mol. The van der Waals surface area contributed by atoms with Crippen LogP contribution in [0.1, 0.15) is 16.8 Å². The van der Waals surface area contributed by atoms with Gasteiger partial charge < -0.3 is 10.6 Å². The quantitative estimate of drug-likeness (QED) is 0.649. The fourth-order valence-electron chi connectivity index (χ4n) is 1.81. The zero-order valence-electron chi connectivity index (χ0n) is 10.1. The molecule has 1 amide bonds. The van der Waals surface area contributed by atoms with Gasteiger partial charge in [0, 0.05) is 18.7 Å². The minimum Gasteiger partial charge on any atom is -0.348 e. The fraction of sp³-hybridized carbons (Fsp3) is 0.308. The van der Waals surface area contributed by atoms with Crippen LogP contribution in [0.5, 0.6) is 0 Å². The Labute approximate surface area is 108 Å². The van der Waals surface area contributed by atoms with E-state index in [1.54, 1.807) is 0 Å². The molecule has 19 heavy (non-hydrogen) atoms. The van der Waals surface area contributed by atoms with E-state index in [-0.39, 0.29) is 5.56 Å². The van der Waals surface area contributed by atoms with Gasteiger partial charge in [-0.05, 0) is 25.1 Å². The molecule has 1 aromatic rings. The summed E-state index contributed by atoms with van der Waals surface area (Å²) in [5.74, 6) is -4.94. The molecule has 0 aliphatic carbocycles. The Morgan fingerprint density at radius 2 is 1.95 bits per heavy atom. The van der Waals surface area contributed by atoms with E-state index in [4.69, 9.17) is 0 Å². The third-order valence-corrected chi connectivity index (χ3v) is 2.88. The highest BCUT2D eigenvalue weighted by Gasteiger charge is 2.15. The first-order valence-corrected chi connectivity index (χ1v) is 5.89. The lowest BCUT2D eigenvalue weighted by atomic mass is 10.1. The maximum atomic E-state index is 13.0. The molecule has 0 radical (unpaired) electrons. The monoisotopic (exact) mass is 270 g/mol. The van der Waals surface area contributed by atoms with Crippen LogP contribution in [0.4, 0.5) is 13.2 Å². The molecule has 0 bridgehead atoms. The van der Waals surface area contributed by atoms with Crippen LogP contribution in [-0.2, 0) is 0 Å². The average Bonchev–Trinajstić information content (AvgIpc) is 2.42.